The van der Waals surface area contributed by atoms with E-state index in [2.05, 4.69) is 43.7 Å². The van der Waals surface area contributed by atoms with Crippen molar-refractivity contribution in [1.82, 2.24) is 0 Å². The van der Waals surface area contributed by atoms with Crippen molar-refractivity contribution in [3.8, 4) is 36.4 Å². The van der Waals surface area contributed by atoms with Crippen LogP contribution in [0.4, 0.5) is 17.1 Å². The Bertz CT molecular complexity index is 3080. The van der Waals surface area contributed by atoms with Crippen LogP contribution in [0.3, 0.4) is 0 Å². The molecule has 0 N–H and O–H groups in total. The zero-order valence-corrected chi connectivity index (χ0v) is 29.7. The third-order valence-electron chi connectivity index (χ3n) is 9.80. The number of hydrogen-bond acceptors (Lipinski definition) is 6. The maximum atomic E-state index is 10.9. The van der Waals surface area contributed by atoms with E-state index in [1.807, 2.05) is 12.1 Å². The minimum absolute atomic E-state index is 0.0334. The molecule has 0 spiro atoms. The lowest BCUT2D eigenvalue weighted by atomic mass is 9.87. The van der Waals surface area contributed by atoms with Gasteiger partial charge in [0.05, 0.1) is 65.8 Å². The summed E-state index contributed by atoms with van der Waals surface area (Å²) in [5, 5.41) is 61.8. The quantitative estimate of drug-likeness (QED) is 0.132. The molecule has 7 rings (SSSR count). The highest BCUT2D eigenvalue weighted by atomic mass is 14.7. The summed E-state index contributed by atoms with van der Waals surface area (Å²) in [6.45, 7) is 31.1. The molecular weight excluding hydrogens is 717 g/mol. The third-order valence-corrected chi connectivity index (χ3v) is 9.80. The lowest BCUT2D eigenvalue weighted by Crippen LogP contribution is -1.96. The zero-order chi connectivity index (χ0) is 41.1. The summed E-state index contributed by atoms with van der Waals surface area (Å²) in [6, 6.07) is 38.3. The molecule has 0 aliphatic heterocycles. The maximum absolute atomic E-state index is 10.9. The van der Waals surface area contributed by atoms with Crippen molar-refractivity contribution < 1.29 is 0 Å². The summed E-state index contributed by atoms with van der Waals surface area (Å²) in [5.74, 6) is 0. The number of nitrogens with zero attached hydrogens (tertiary/aromatic N) is 10. The van der Waals surface area contributed by atoms with Crippen molar-refractivity contribution in [2.45, 2.75) is 0 Å². The number of allylic oxidation sites excluding steroid dienone is 7. The number of nitriles is 6. The van der Waals surface area contributed by atoms with Gasteiger partial charge in [-0.1, -0.05) is 60.7 Å². The minimum Gasteiger partial charge on any atom is -0.250 e. The highest BCUT2D eigenvalue weighted by Gasteiger charge is 2.37. The first-order valence-corrected chi connectivity index (χ1v) is 16.9. The largest absolute Gasteiger partial charge is 0.250 e. The monoisotopic (exact) mass is 732 g/mol. The molecule has 2 aliphatic carbocycles. The Hall–Kier alpha value is -10.0. The summed E-state index contributed by atoms with van der Waals surface area (Å²) in [5.41, 5.74) is 6.09. The van der Waals surface area contributed by atoms with Gasteiger partial charge < -0.3 is 0 Å². The summed E-state index contributed by atoms with van der Waals surface area (Å²) < 4.78 is 0. The highest BCUT2D eigenvalue weighted by Crippen LogP contribution is 2.56. The smallest absolute Gasteiger partial charge is 0.202 e. The van der Waals surface area contributed by atoms with Gasteiger partial charge >= 0.3 is 0 Å². The molecule has 0 atom stereocenters. The molecule has 58 heavy (non-hydrogen) atoms. The average Bonchev–Trinajstić information content (AvgIpc) is 3.77. The second-order valence-corrected chi connectivity index (χ2v) is 12.6. The third kappa shape index (κ3) is 5.67. The highest BCUT2D eigenvalue weighted by molar-refractivity contribution is 6.34. The molecule has 0 saturated heterocycles. The Morgan fingerprint density at radius 2 is 1.03 bits per heavy atom. The van der Waals surface area contributed by atoms with Gasteiger partial charge in [-0.05, 0) is 80.9 Å². The lowest BCUT2D eigenvalue weighted by molar-refractivity contribution is 1.42. The average molecular weight is 733 g/mol. The van der Waals surface area contributed by atoms with E-state index < -0.39 is 0 Å². The summed E-state index contributed by atoms with van der Waals surface area (Å²) in [6.07, 6.45) is 0. The molecule has 5 aromatic rings. The fraction of sp³-hybridized carbons (Fsp3) is 0. The fourth-order valence-corrected chi connectivity index (χ4v) is 7.22. The Labute approximate surface area is 332 Å². The molecule has 0 radical (unpaired) electrons. The molecule has 0 amide bonds. The molecule has 5 aromatic carbocycles. The summed E-state index contributed by atoms with van der Waals surface area (Å²) in [7, 11) is 0. The number of fused-ring (bicyclic) bond motifs is 2. The van der Waals surface area contributed by atoms with E-state index in [0.29, 0.717) is 78.1 Å². The molecule has 0 fully saturated rings. The van der Waals surface area contributed by atoms with E-state index in [-0.39, 0.29) is 44.9 Å². The second kappa shape index (κ2) is 14.8. The van der Waals surface area contributed by atoms with E-state index >= 15 is 0 Å². The van der Waals surface area contributed by atoms with Crippen molar-refractivity contribution >= 4 is 61.8 Å². The first kappa shape index (κ1) is 36.3. The Morgan fingerprint density at radius 3 is 1.55 bits per heavy atom. The van der Waals surface area contributed by atoms with Gasteiger partial charge in [0.15, 0.2) is 17.1 Å². The van der Waals surface area contributed by atoms with Gasteiger partial charge in [0.2, 0.25) is 5.70 Å². The van der Waals surface area contributed by atoms with E-state index in [0.717, 1.165) is 0 Å². The van der Waals surface area contributed by atoms with Crippen LogP contribution in [0.1, 0.15) is 61.2 Å². The van der Waals surface area contributed by atoms with Crippen LogP contribution in [0.5, 0.6) is 0 Å². The van der Waals surface area contributed by atoms with Gasteiger partial charge in [-0.25, -0.2) is 9.69 Å². The molecule has 10 heteroatoms. The number of benzene rings is 5. The zero-order valence-electron chi connectivity index (χ0n) is 29.7. The molecule has 258 valence electrons. The Morgan fingerprint density at radius 1 is 0.466 bits per heavy atom. The summed E-state index contributed by atoms with van der Waals surface area (Å²) in [4.78, 5) is 14.3. The van der Waals surface area contributed by atoms with E-state index in [9.17, 15) is 31.6 Å². The molecule has 10 nitrogen and oxygen atoms in total. The van der Waals surface area contributed by atoms with Crippen LogP contribution >= 0.6 is 0 Å². The molecule has 2 aliphatic rings. The molecule has 0 aromatic heterocycles. The van der Waals surface area contributed by atoms with Gasteiger partial charge in [-0.3, -0.25) is 9.69 Å². The lowest BCUT2D eigenvalue weighted by Gasteiger charge is -2.15. The van der Waals surface area contributed by atoms with Crippen LogP contribution < -0.4 is 0 Å². The Balaban J connectivity index is 1.64. The van der Waals surface area contributed by atoms with Crippen molar-refractivity contribution in [2.75, 3.05) is 0 Å². The van der Waals surface area contributed by atoms with Gasteiger partial charge in [0.25, 0.3) is 0 Å². The van der Waals surface area contributed by atoms with Crippen molar-refractivity contribution in [1.29, 1.82) is 31.6 Å². The fourth-order valence-electron chi connectivity index (χ4n) is 7.22. The topological polar surface area (TPSA) is 160 Å². The molecular formula is C48H16N10. The van der Waals surface area contributed by atoms with Crippen molar-refractivity contribution in [2.24, 2.45) is 0 Å². The standard InChI is InChI=1S/C48H16N10/c1-55-34-14-11-29(12-15-34)44-40(25-53)35-20-38-36(19-37(35)46(44)39(24-52)30-13-16-42(56-2)43(18-30)57-3)41(26-54)45(28-7-5-27(21-49)6-8-28)47(38)48(58-4)31-9-10-32(22-50)33(17-31)23-51/h5-20H/b46-39-,48-47+. The van der Waals surface area contributed by atoms with Gasteiger partial charge in [0, 0.05) is 22.3 Å². The molecule has 0 bridgehead atoms. The number of rotatable bonds is 4. The maximum Gasteiger partial charge on any atom is 0.202 e. The molecule has 0 saturated carbocycles. The van der Waals surface area contributed by atoms with E-state index in [1.165, 1.54) is 24.3 Å². The van der Waals surface area contributed by atoms with Gasteiger partial charge in [-0.2, -0.15) is 31.6 Å². The van der Waals surface area contributed by atoms with Crippen LogP contribution in [-0.2, 0) is 0 Å². The second-order valence-electron chi connectivity index (χ2n) is 12.6. The van der Waals surface area contributed by atoms with Gasteiger partial charge in [0.1, 0.15) is 30.3 Å². The molecule has 0 unspecified atom stereocenters. The van der Waals surface area contributed by atoms with Crippen molar-refractivity contribution in [3.05, 3.63) is 204 Å². The predicted octanol–water partition coefficient (Wildman–Crippen LogP) is 11.1. The summed E-state index contributed by atoms with van der Waals surface area (Å²) >= 11 is 0. The first-order valence-electron chi connectivity index (χ1n) is 16.9. The minimum atomic E-state index is 0.0334. The Kier molecular flexibility index (Phi) is 9.25. The van der Waals surface area contributed by atoms with Crippen LogP contribution in [0.25, 0.3) is 64.1 Å². The first-order chi connectivity index (χ1) is 28.3. The SMILES string of the molecule is [C-]#[N+]/C(=C1/C(c2ccc(C#N)cc2)=C(C#N)c2cc3c(cc21)C(C#N)=C(c1ccc([N+]#[C-])cc1)/C3=C(/C#N)c1ccc([N+]#[C-])c([N+]#[C-])c1)c1ccc(C#N)c(C#N)c1. The number of hydrogen-bond donors (Lipinski definition) is 0. The van der Waals surface area contributed by atoms with E-state index in [1.54, 1.807) is 72.8 Å². The van der Waals surface area contributed by atoms with E-state index in [4.69, 9.17) is 26.3 Å². The van der Waals surface area contributed by atoms with Crippen LogP contribution in [-0.4, -0.2) is 0 Å². The molecule has 0 heterocycles. The normalized spacial score (nSPS) is 13.6. The van der Waals surface area contributed by atoms with Crippen LogP contribution in [0, 0.1) is 94.3 Å². The van der Waals surface area contributed by atoms with Gasteiger partial charge in [-0.15, -0.1) is 0 Å². The predicted molar refractivity (Wildman–Crippen MR) is 216 cm³/mol. The van der Waals surface area contributed by atoms with Crippen molar-refractivity contribution in [3.63, 3.8) is 0 Å². The van der Waals surface area contributed by atoms with Crippen LogP contribution in [0.15, 0.2) is 97.1 Å². The van der Waals surface area contributed by atoms with Crippen LogP contribution in [0.2, 0.25) is 0 Å².